The molecule has 3 rings (SSSR count). The summed E-state index contributed by atoms with van der Waals surface area (Å²) in [5.74, 6) is -0.771. The summed E-state index contributed by atoms with van der Waals surface area (Å²) in [6.45, 7) is 5.30. The number of anilines is 1. The average molecular weight is 556 g/mol. The second kappa shape index (κ2) is 13.4. The van der Waals surface area contributed by atoms with Gasteiger partial charge in [0.15, 0.2) is 0 Å². The molecule has 2 amide bonds. The van der Waals surface area contributed by atoms with E-state index < -0.39 is 28.5 Å². The minimum absolute atomic E-state index is 0.0555. The molecule has 38 heavy (non-hydrogen) atoms. The summed E-state index contributed by atoms with van der Waals surface area (Å²) in [4.78, 5) is 28.3. The Morgan fingerprint density at radius 3 is 2.05 bits per heavy atom. The summed E-state index contributed by atoms with van der Waals surface area (Å²) in [6.07, 6.45) is 1.26. The molecular weight excluding hydrogens is 522 g/mol. The third-order valence-corrected chi connectivity index (χ3v) is 8.42. The molecule has 0 heterocycles. The molecule has 0 radical (unpaired) electrons. The number of nitrogens with one attached hydrogen (secondary N) is 1. The normalized spacial score (nSPS) is 12.8. The Morgan fingerprint density at radius 1 is 0.895 bits per heavy atom. The topological polar surface area (TPSA) is 86.8 Å². The van der Waals surface area contributed by atoms with Gasteiger partial charge in [0, 0.05) is 17.6 Å². The molecule has 0 aliphatic heterocycles. The monoisotopic (exact) mass is 555 g/mol. The van der Waals surface area contributed by atoms with Crippen molar-refractivity contribution in [1.29, 1.82) is 0 Å². The fourth-order valence-electron chi connectivity index (χ4n) is 3.89. The van der Waals surface area contributed by atoms with Crippen LogP contribution in [0.3, 0.4) is 0 Å². The first kappa shape index (κ1) is 29.2. The van der Waals surface area contributed by atoms with Crippen molar-refractivity contribution in [3.63, 3.8) is 0 Å². The molecule has 202 valence electrons. The Kier molecular flexibility index (Phi) is 10.3. The molecule has 0 bridgehead atoms. The van der Waals surface area contributed by atoms with Gasteiger partial charge in [-0.3, -0.25) is 13.9 Å². The van der Waals surface area contributed by atoms with Crippen molar-refractivity contribution in [3.8, 4) is 0 Å². The minimum Gasteiger partial charge on any atom is -0.352 e. The van der Waals surface area contributed by atoms with Crippen LogP contribution in [0.5, 0.6) is 0 Å². The lowest BCUT2D eigenvalue weighted by Crippen LogP contribution is -2.53. The highest BCUT2D eigenvalue weighted by Gasteiger charge is 2.32. The maximum Gasteiger partial charge on any atom is 0.264 e. The molecule has 0 aliphatic carbocycles. The molecule has 0 aliphatic rings. The Morgan fingerprint density at radius 2 is 1.47 bits per heavy atom. The van der Waals surface area contributed by atoms with E-state index in [2.05, 4.69) is 5.32 Å². The van der Waals surface area contributed by atoms with E-state index in [-0.39, 0.29) is 23.4 Å². The standard InChI is InChI=1S/C29H34ClN3O4S/c1-4-22(2)31-29(35)23(3)32(20-19-24-11-7-5-8-12-24)28(34)21-33(26-17-15-25(30)16-18-26)38(36,37)27-13-9-6-10-14-27/h5-18,22-23H,4,19-21H2,1-3H3,(H,31,35)/t22-,23+/m0/s1. The molecule has 3 aromatic rings. The summed E-state index contributed by atoms with van der Waals surface area (Å²) in [6, 6.07) is 23.0. The first-order chi connectivity index (χ1) is 18.1. The molecule has 0 fully saturated rings. The highest BCUT2D eigenvalue weighted by atomic mass is 35.5. The Balaban J connectivity index is 1.95. The van der Waals surface area contributed by atoms with Crippen LogP contribution in [0, 0.1) is 0 Å². The van der Waals surface area contributed by atoms with Crippen LogP contribution in [0.4, 0.5) is 5.69 Å². The average Bonchev–Trinajstić information content (AvgIpc) is 2.93. The Hall–Kier alpha value is -3.36. The molecule has 0 saturated carbocycles. The largest absolute Gasteiger partial charge is 0.352 e. The number of sulfonamides is 1. The van der Waals surface area contributed by atoms with Crippen LogP contribution in [0.1, 0.15) is 32.8 Å². The lowest BCUT2D eigenvalue weighted by Gasteiger charge is -2.32. The molecule has 1 N–H and O–H groups in total. The third kappa shape index (κ3) is 7.58. The van der Waals surface area contributed by atoms with Crippen LogP contribution >= 0.6 is 11.6 Å². The molecule has 7 nitrogen and oxygen atoms in total. The number of amides is 2. The van der Waals surface area contributed by atoms with Gasteiger partial charge in [-0.1, -0.05) is 67.1 Å². The Labute approximate surface area is 230 Å². The van der Waals surface area contributed by atoms with E-state index in [0.717, 1.165) is 16.3 Å². The molecule has 0 spiro atoms. The molecular formula is C29H34ClN3O4S. The smallest absolute Gasteiger partial charge is 0.264 e. The highest BCUT2D eigenvalue weighted by molar-refractivity contribution is 7.92. The predicted molar refractivity (Wildman–Crippen MR) is 152 cm³/mol. The zero-order valence-electron chi connectivity index (χ0n) is 21.9. The highest BCUT2D eigenvalue weighted by Crippen LogP contribution is 2.25. The van der Waals surface area contributed by atoms with Crippen LogP contribution in [0.25, 0.3) is 0 Å². The second-order valence-electron chi connectivity index (χ2n) is 9.12. The van der Waals surface area contributed by atoms with Crippen molar-refractivity contribution in [2.45, 2.75) is 50.6 Å². The lowest BCUT2D eigenvalue weighted by atomic mass is 10.1. The van der Waals surface area contributed by atoms with Gasteiger partial charge in [-0.2, -0.15) is 0 Å². The lowest BCUT2D eigenvalue weighted by molar-refractivity contribution is -0.139. The Bertz CT molecular complexity index is 1300. The van der Waals surface area contributed by atoms with Crippen molar-refractivity contribution in [2.24, 2.45) is 0 Å². The number of rotatable bonds is 12. The van der Waals surface area contributed by atoms with Gasteiger partial charge in [-0.25, -0.2) is 8.42 Å². The van der Waals surface area contributed by atoms with Crippen molar-refractivity contribution in [3.05, 3.63) is 95.5 Å². The van der Waals surface area contributed by atoms with Crippen molar-refractivity contribution in [1.82, 2.24) is 10.2 Å². The van der Waals surface area contributed by atoms with Gasteiger partial charge in [-0.15, -0.1) is 0 Å². The van der Waals surface area contributed by atoms with Crippen LogP contribution in [-0.2, 0) is 26.0 Å². The van der Waals surface area contributed by atoms with Crippen molar-refractivity contribution >= 4 is 39.1 Å². The second-order valence-corrected chi connectivity index (χ2v) is 11.4. The molecule has 9 heteroatoms. The number of hydrogen-bond acceptors (Lipinski definition) is 4. The van der Waals surface area contributed by atoms with E-state index >= 15 is 0 Å². The van der Waals surface area contributed by atoms with E-state index in [1.807, 2.05) is 44.2 Å². The molecule has 3 aromatic carbocycles. The van der Waals surface area contributed by atoms with E-state index in [4.69, 9.17) is 11.6 Å². The summed E-state index contributed by atoms with van der Waals surface area (Å²) in [5.41, 5.74) is 1.30. The van der Waals surface area contributed by atoms with Crippen LogP contribution < -0.4 is 9.62 Å². The number of carbonyl (C=O) groups excluding carboxylic acids is 2. The van der Waals surface area contributed by atoms with Gasteiger partial charge >= 0.3 is 0 Å². The molecule has 0 unspecified atom stereocenters. The zero-order chi connectivity index (χ0) is 27.7. The summed E-state index contributed by atoms with van der Waals surface area (Å²) in [5, 5.41) is 3.37. The van der Waals surface area contributed by atoms with E-state index in [9.17, 15) is 18.0 Å². The van der Waals surface area contributed by atoms with E-state index in [1.165, 1.54) is 17.0 Å². The SMILES string of the molecule is CC[C@H](C)NC(=O)[C@@H](C)N(CCc1ccccc1)C(=O)CN(c1ccc(Cl)cc1)S(=O)(=O)c1ccccc1. The minimum atomic E-state index is -4.09. The predicted octanol–water partition coefficient (Wildman–Crippen LogP) is 4.91. The number of halogens is 1. The molecule has 0 aromatic heterocycles. The van der Waals surface area contributed by atoms with Gasteiger partial charge in [0.25, 0.3) is 10.0 Å². The van der Waals surface area contributed by atoms with Crippen LogP contribution in [0.2, 0.25) is 5.02 Å². The summed E-state index contributed by atoms with van der Waals surface area (Å²) < 4.78 is 28.4. The fourth-order valence-corrected chi connectivity index (χ4v) is 5.45. The fraction of sp³-hybridized carbons (Fsp3) is 0.310. The first-order valence-corrected chi connectivity index (χ1v) is 14.4. The first-order valence-electron chi connectivity index (χ1n) is 12.6. The summed E-state index contributed by atoms with van der Waals surface area (Å²) >= 11 is 6.05. The molecule has 2 atom stereocenters. The number of carbonyl (C=O) groups is 2. The number of benzene rings is 3. The van der Waals surface area contributed by atoms with Gasteiger partial charge in [0.05, 0.1) is 10.6 Å². The van der Waals surface area contributed by atoms with Gasteiger partial charge < -0.3 is 10.2 Å². The van der Waals surface area contributed by atoms with Gasteiger partial charge in [-0.05, 0) is 68.7 Å². The zero-order valence-corrected chi connectivity index (χ0v) is 23.5. The summed E-state index contributed by atoms with van der Waals surface area (Å²) in [7, 11) is -4.09. The van der Waals surface area contributed by atoms with Crippen LogP contribution in [-0.4, -0.2) is 50.3 Å². The van der Waals surface area contributed by atoms with E-state index in [1.54, 1.807) is 49.4 Å². The van der Waals surface area contributed by atoms with Crippen molar-refractivity contribution in [2.75, 3.05) is 17.4 Å². The third-order valence-electron chi connectivity index (χ3n) is 6.38. The number of nitrogens with zero attached hydrogens (tertiary/aromatic N) is 2. The maximum atomic E-state index is 13.8. The maximum absolute atomic E-state index is 13.8. The van der Waals surface area contributed by atoms with Crippen LogP contribution in [0.15, 0.2) is 89.8 Å². The quantitative estimate of drug-likeness (QED) is 0.344. The molecule has 0 saturated heterocycles. The van der Waals surface area contributed by atoms with E-state index in [0.29, 0.717) is 17.1 Å². The van der Waals surface area contributed by atoms with Gasteiger partial charge in [0.2, 0.25) is 11.8 Å². The van der Waals surface area contributed by atoms with Gasteiger partial charge in [0.1, 0.15) is 12.6 Å². The number of hydrogen-bond donors (Lipinski definition) is 1. The van der Waals surface area contributed by atoms with Crippen molar-refractivity contribution < 1.29 is 18.0 Å².